The van der Waals surface area contributed by atoms with E-state index >= 15 is 0 Å². The molecule has 0 radical (unpaired) electrons. The molecule has 0 atom stereocenters. The molecule has 1 heterocycles. The highest BCUT2D eigenvalue weighted by molar-refractivity contribution is 7.99. The molecule has 29 heavy (non-hydrogen) atoms. The zero-order valence-electron chi connectivity index (χ0n) is 16.5. The van der Waals surface area contributed by atoms with Gasteiger partial charge in [0, 0.05) is 30.1 Å². The van der Waals surface area contributed by atoms with Gasteiger partial charge in [0.2, 0.25) is 5.91 Å². The average Bonchev–Trinajstić information content (AvgIpc) is 3.05. The van der Waals surface area contributed by atoms with E-state index in [-0.39, 0.29) is 17.4 Å². The van der Waals surface area contributed by atoms with Gasteiger partial charge in [-0.1, -0.05) is 29.5 Å². The van der Waals surface area contributed by atoms with E-state index in [0.29, 0.717) is 22.2 Å². The third-order valence-corrected chi connectivity index (χ3v) is 6.20. The fourth-order valence-corrected chi connectivity index (χ4v) is 4.24. The Hall–Kier alpha value is -2.58. The summed E-state index contributed by atoms with van der Waals surface area (Å²) in [6.45, 7) is 3.52. The van der Waals surface area contributed by atoms with Crippen molar-refractivity contribution in [1.29, 1.82) is 0 Å². The van der Waals surface area contributed by atoms with Gasteiger partial charge in [-0.2, -0.15) is 0 Å². The van der Waals surface area contributed by atoms with E-state index in [1.165, 1.54) is 29.1 Å². The first-order valence-electron chi connectivity index (χ1n) is 9.04. The molecule has 3 rings (SSSR count). The highest BCUT2D eigenvalue weighted by Gasteiger charge is 2.13. The number of carbonyl (C=O) groups is 2. The number of Topliss-reactive ketones (excluding diaryl/α,β-unsaturated/α-hetero) is 1. The average molecular weight is 427 g/mol. The molecule has 8 heteroatoms. The van der Waals surface area contributed by atoms with Crippen molar-refractivity contribution in [3.8, 4) is 0 Å². The molecule has 0 aliphatic rings. The van der Waals surface area contributed by atoms with Gasteiger partial charge < -0.3 is 9.88 Å². The summed E-state index contributed by atoms with van der Waals surface area (Å²) in [4.78, 5) is 24.7. The monoisotopic (exact) mass is 426 g/mol. The van der Waals surface area contributed by atoms with Crippen molar-refractivity contribution < 1.29 is 9.59 Å². The number of carbonyl (C=O) groups excluding carboxylic acids is 2. The number of amides is 1. The highest BCUT2D eigenvalue weighted by atomic mass is 32.2. The van der Waals surface area contributed by atoms with Crippen LogP contribution < -0.4 is 5.32 Å². The van der Waals surface area contributed by atoms with E-state index in [1.807, 2.05) is 11.6 Å². The van der Waals surface area contributed by atoms with Gasteiger partial charge in [0.1, 0.15) is 5.82 Å². The molecule has 0 spiro atoms. The van der Waals surface area contributed by atoms with E-state index in [2.05, 4.69) is 46.7 Å². The van der Waals surface area contributed by atoms with Crippen molar-refractivity contribution >= 4 is 40.9 Å². The second kappa shape index (κ2) is 9.76. The van der Waals surface area contributed by atoms with Crippen molar-refractivity contribution in [2.75, 3.05) is 11.1 Å². The van der Waals surface area contributed by atoms with Gasteiger partial charge in [0.25, 0.3) is 0 Å². The minimum absolute atomic E-state index is 0.00274. The molecular weight excluding hydrogens is 404 g/mol. The number of anilines is 1. The van der Waals surface area contributed by atoms with Gasteiger partial charge in [-0.3, -0.25) is 9.59 Å². The predicted molar refractivity (Wildman–Crippen MR) is 118 cm³/mol. The number of nitrogens with one attached hydrogen (secondary N) is 1. The minimum atomic E-state index is -0.141. The summed E-state index contributed by atoms with van der Waals surface area (Å²) in [5.41, 5.74) is 2.51. The second-order valence-corrected chi connectivity index (χ2v) is 8.52. The molecule has 0 fully saturated rings. The van der Waals surface area contributed by atoms with E-state index < -0.39 is 0 Å². The summed E-state index contributed by atoms with van der Waals surface area (Å²) < 4.78 is 1.93. The zero-order valence-corrected chi connectivity index (χ0v) is 18.1. The van der Waals surface area contributed by atoms with Gasteiger partial charge in [-0.15, -0.1) is 22.0 Å². The predicted octanol–water partition coefficient (Wildman–Crippen LogP) is 4.35. The number of hydrogen-bond donors (Lipinski definition) is 1. The Morgan fingerprint density at radius 2 is 1.69 bits per heavy atom. The van der Waals surface area contributed by atoms with Crippen LogP contribution in [0.15, 0.2) is 58.6 Å². The van der Waals surface area contributed by atoms with Crippen LogP contribution in [0, 0.1) is 6.92 Å². The largest absolute Gasteiger partial charge is 0.326 e. The fraction of sp³-hybridized carbons (Fsp3) is 0.238. The maximum Gasteiger partial charge on any atom is 0.221 e. The van der Waals surface area contributed by atoms with Crippen LogP contribution in [0.5, 0.6) is 0 Å². The fourth-order valence-electron chi connectivity index (χ4n) is 2.53. The Kier molecular flexibility index (Phi) is 7.11. The van der Waals surface area contributed by atoms with Gasteiger partial charge in [0.05, 0.1) is 11.5 Å². The van der Waals surface area contributed by atoms with Gasteiger partial charge in [-0.05, 0) is 43.3 Å². The van der Waals surface area contributed by atoms with E-state index in [1.54, 1.807) is 36.0 Å². The molecule has 0 aliphatic carbocycles. The number of thioether (sulfide) groups is 2. The first kappa shape index (κ1) is 21.1. The van der Waals surface area contributed by atoms with Crippen LogP contribution >= 0.6 is 23.5 Å². The molecule has 1 amide bonds. The van der Waals surface area contributed by atoms with E-state index in [4.69, 9.17) is 0 Å². The lowest BCUT2D eigenvalue weighted by atomic mass is 10.1. The van der Waals surface area contributed by atoms with Crippen molar-refractivity contribution in [3.63, 3.8) is 0 Å². The summed E-state index contributed by atoms with van der Waals surface area (Å²) in [6, 6.07) is 15.3. The van der Waals surface area contributed by atoms with Crippen LogP contribution in [0.3, 0.4) is 0 Å². The Balaban J connectivity index is 1.54. The Bertz CT molecular complexity index is 999. The van der Waals surface area contributed by atoms with Crippen LogP contribution in [0.2, 0.25) is 0 Å². The van der Waals surface area contributed by atoms with Crippen LogP contribution in [-0.2, 0) is 17.6 Å². The van der Waals surface area contributed by atoms with Crippen molar-refractivity contribution in [1.82, 2.24) is 14.8 Å². The summed E-state index contributed by atoms with van der Waals surface area (Å²) >= 11 is 3.08. The summed E-state index contributed by atoms with van der Waals surface area (Å²) in [5.74, 6) is 1.72. The first-order chi connectivity index (χ1) is 13.9. The Labute approximate surface area is 178 Å². The Morgan fingerprint density at radius 1 is 1.00 bits per heavy atom. The minimum Gasteiger partial charge on any atom is -0.326 e. The molecule has 1 N–H and O–H groups in total. The number of aromatic nitrogens is 3. The topological polar surface area (TPSA) is 76.9 Å². The number of hydrogen-bond acceptors (Lipinski definition) is 6. The molecule has 0 saturated heterocycles. The van der Waals surface area contributed by atoms with Crippen LogP contribution in [0.25, 0.3) is 0 Å². The maximum atomic E-state index is 12.4. The molecule has 0 saturated carbocycles. The molecule has 0 aliphatic heterocycles. The van der Waals surface area contributed by atoms with Gasteiger partial charge >= 0.3 is 0 Å². The van der Waals surface area contributed by atoms with Crippen LogP contribution in [-0.4, -0.2) is 32.2 Å². The maximum absolute atomic E-state index is 12.4. The van der Waals surface area contributed by atoms with E-state index in [0.717, 1.165) is 5.82 Å². The van der Waals surface area contributed by atoms with Crippen LogP contribution in [0.4, 0.5) is 5.69 Å². The molecule has 0 bridgehead atoms. The summed E-state index contributed by atoms with van der Waals surface area (Å²) in [6.07, 6.45) is 0. The second-order valence-electron chi connectivity index (χ2n) is 6.53. The smallest absolute Gasteiger partial charge is 0.221 e. The number of nitrogens with zero attached hydrogens (tertiary/aromatic N) is 3. The lowest BCUT2D eigenvalue weighted by Gasteiger charge is -2.05. The van der Waals surface area contributed by atoms with Crippen molar-refractivity contribution in [2.24, 2.45) is 7.05 Å². The SMILES string of the molecule is CC(=O)Nc1ccc(C(=O)CSc2nnc(CSc3ccc(C)cc3)n2C)cc1. The molecule has 150 valence electrons. The highest BCUT2D eigenvalue weighted by Crippen LogP contribution is 2.24. The van der Waals surface area contributed by atoms with Crippen LogP contribution in [0.1, 0.15) is 28.7 Å². The number of rotatable bonds is 8. The van der Waals surface area contributed by atoms with Gasteiger partial charge in [-0.25, -0.2) is 0 Å². The zero-order chi connectivity index (χ0) is 20.8. The van der Waals surface area contributed by atoms with Crippen molar-refractivity contribution in [2.45, 2.75) is 29.7 Å². The third kappa shape index (κ3) is 5.95. The number of benzene rings is 2. The molecule has 6 nitrogen and oxygen atoms in total. The lowest BCUT2D eigenvalue weighted by molar-refractivity contribution is -0.114. The summed E-state index contributed by atoms with van der Waals surface area (Å²) in [7, 11) is 1.92. The molecule has 3 aromatic rings. The summed E-state index contributed by atoms with van der Waals surface area (Å²) in [5, 5.41) is 11.9. The molecule has 0 unspecified atom stereocenters. The van der Waals surface area contributed by atoms with Gasteiger partial charge in [0.15, 0.2) is 10.9 Å². The lowest BCUT2D eigenvalue weighted by Crippen LogP contribution is -2.07. The van der Waals surface area contributed by atoms with E-state index in [9.17, 15) is 9.59 Å². The molecular formula is C21H22N4O2S2. The first-order valence-corrected chi connectivity index (χ1v) is 11.0. The number of aryl methyl sites for hydroxylation is 1. The normalized spacial score (nSPS) is 10.7. The quantitative estimate of drug-likeness (QED) is 0.426. The Morgan fingerprint density at radius 3 is 2.34 bits per heavy atom. The molecule has 2 aromatic carbocycles. The third-order valence-electron chi connectivity index (χ3n) is 4.17. The number of ketones is 1. The van der Waals surface area contributed by atoms with Crippen molar-refractivity contribution in [3.05, 3.63) is 65.5 Å². The standard InChI is InChI=1S/C21H22N4O2S2/c1-14-4-10-18(11-5-14)28-13-20-23-24-21(25(20)3)29-12-19(27)16-6-8-17(9-7-16)22-15(2)26/h4-11H,12-13H2,1-3H3,(H,22,26). The molecule has 1 aromatic heterocycles.